The molecule has 0 aromatic carbocycles. The number of unbranched alkanes of at least 4 members (excludes halogenated alkanes) is 4. The minimum absolute atomic E-state index is 0.977. The van der Waals surface area contributed by atoms with Gasteiger partial charge in [-0.05, 0) is 30.1 Å². The van der Waals surface area contributed by atoms with E-state index in [0.29, 0.717) is 0 Å². The number of rotatable bonds is 7. The molecule has 0 aliphatic heterocycles. The Balaban J connectivity index is 2.05. The highest BCUT2D eigenvalue weighted by molar-refractivity contribution is 4.86. The third kappa shape index (κ3) is 3.81. The molecule has 0 saturated heterocycles. The van der Waals surface area contributed by atoms with Crippen LogP contribution in [0.5, 0.6) is 0 Å². The van der Waals surface area contributed by atoms with Crippen LogP contribution in [0.1, 0.15) is 72.6 Å². The van der Waals surface area contributed by atoms with Crippen LogP contribution in [-0.2, 0) is 0 Å². The summed E-state index contributed by atoms with van der Waals surface area (Å²) in [6.07, 6.45) is 10.1. The molecule has 0 bridgehead atoms. The fourth-order valence-electron chi connectivity index (χ4n) is 3.65. The van der Waals surface area contributed by atoms with Gasteiger partial charge in [-0.25, -0.2) is 0 Å². The summed E-state index contributed by atoms with van der Waals surface area (Å²) in [4.78, 5) is 0. The lowest BCUT2D eigenvalue weighted by Crippen LogP contribution is -2.37. The van der Waals surface area contributed by atoms with Crippen LogP contribution in [-0.4, -0.2) is 0 Å². The molecule has 15 heavy (non-hydrogen) atoms. The van der Waals surface area contributed by atoms with Gasteiger partial charge in [-0.2, -0.15) is 0 Å². The van der Waals surface area contributed by atoms with Crippen molar-refractivity contribution in [2.24, 2.45) is 23.7 Å². The Morgan fingerprint density at radius 1 is 1.00 bits per heavy atom. The van der Waals surface area contributed by atoms with Crippen LogP contribution in [0.2, 0.25) is 0 Å². The Kier molecular flexibility index (Phi) is 5.71. The summed E-state index contributed by atoms with van der Waals surface area (Å²) >= 11 is 0. The third-order valence-electron chi connectivity index (χ3n) is 4.48. The molecule has 0 heterocycles. The van der Waals surface area contributed by atoms with E-state index in [0.717, 1.165) is 23.7 Å². The number of hydrogen-bond acceptors (Lipinski definition) is 0. The molecule has 1 aliphatic rings. The van der Waals surface area contributed by atoms with Gasteiger partial charge in [0.05, 0.1) is 0 Å². The van der Waals surface area contributed by atoms with Gasteiger partial charge in [0.15, 0.2) is 0 Å². The summed E-state index contributed by atoms with van der Waals surface area (Å²) in [5.74, 6) is 4.03. The molecule has 3 unspecified atom stereocenters. The van der Waals surface area contributed by atoms with Crippen LogP contribution in [0.15, 0.2) is 0 Å². The summed E-state index contributed by atoms with van der Waals surface area (Å²) in [5.41, 5.74) is 0. The van der Waals surface area contributed by atoms with E-state index in [1.165, 1.54) is 44.9 Å². The van der Waals surface area contributed by atoms with Gasteiger partial charge in [0, 0.05) is 0 Å². The van der Waals surface area contributed by atoms with Crippen molar-refractivity contribution in [2.45, 2.75) is 72.6 Å². The van der Waals surface area contributed by atoms with Crippen molar-refractivity contribution < 1.29 is 0 Å². The highest BCUT2D eigenvalue weighted by atomic mass is 14.4. The first-order valence-electron chi connectivity index (χ1n) is 7.16. The molecule has 1 saturated carbocycles. The quantitative estimate of drug-likeness (QED) is 0.502. The fourth-order valence-corrected chi connectivity index (χ4v) is 3.65. The second-order valence-corrected chi connectivity index (χ2v) is 5.95. The Morgan fingerprint density at radius 2 is 1.60 bits per heavy atom. The summed E-state index contributed by atoms with van der Waals surface area (Å²) in [6, 6.07) is 0. The summed E-state index contributed by atoms with van der Waals surface area (Å²) < 4.78 is 0. The molecule has 0 radical (unpaired) electrons. The van der Waals surface area contributed by atoms with Crippen molar-refractivity contribution in [2.75, 3.05) is 0 Å². The van der Waals surface area contributed by atoms with Crippen LogP contribution in [0.25, 0.3) is 0 Å². The molecule has 0 heteroatoms. The van der Waals surface area contributed by atoms with Crippen LogP contribution < -0.4 is 0 Å². The van der Waals surface area contributed by atoms with Gasteiger partial charge in [-0.3, -0.25) is 0 Å². The van der Waals surface area contributed by atoms with Crippen LogP contribution in [0.3, 0.4) is 0 Å². The zero-order valence-electron chi connectivity index (χ0n) is 11.3. The molecule has 1 rings (SSSR count). The largest absolute Gasteiger partial charge is 0.0654 e. The Labute approximate surface area is 96.8 Å². The molecule has 0 amide bonds. The first kappa shape index (κ1) is 13.1. The minimum atomic E-state index is 0.977. The van der Waals surface area contributed by atoms with E-state index < -0.39 is 0 Å². The highest BCUT2D eigenvalue weighted by Gasteiger charge is 2.37. The van der Waals surface area contributed by atoms with E-state index >= 15 is 0 Å². The smallest absolute Gasteiger partial charge is 0.0337 e. The summed E-state index contributed by atoms with van der Waals surface area (Å²) in [7, 11) is 0. The monoisotopic (exact) mass is 210 g/mol. The van der Waals surface area contributed by atoms with Crippen molar-refractivity contribution in [1.29, 1.82) is 0 Å². The zero-order chi connectivity index (χ0) is 11.3. The molecule has 90 valence electrons. The SMILES string of the molecule is CCCCCCCC(C)C1C(C)CC1C. The van der Waals surface area contributed by atoms with E-state index in [1.54, 1.807) is 0 Å². The van der Waals surface area contributed by atoms with Gasteiger partial charge in [0.2, 0.25) is 0 Å². The van der Waals surface area contributed by atoms with Gasteiger partial charge >= 0.3 is 0 Å². The molecule has 0 aromatic heterocycles. The average molecular weight is 210 g/mol. The maximum absolute atomic E-state index is 2.48. The summed E-state index contributed by atoms with van der Waals surface area (Å²) in [6.45, 7) is 9.66. The first-order valence-corrected chi connectivity index (χ1v) is 7.16. The van der Waals surface area contributed by atoms with Crippen molar-refractivity contribution >= 4 is 0 Å². The second-order valence-electron chi connectivity index (χ2n) is 5.95. The third-order valence-corrected chi connectivity index (χ3v) is 4.48. The first-order chi connectivity index (χ1) is 7.16. The molecule has 0 nitrogen and oxygen atoms in total. The van der Waals surface area contributed by atoms with E-state index in [9.17, 15) is 0 Å². The maximum atomic E-state index is 2.48. The molecule has 1 aliphatic carbocycles. The number of hydrogen-bond donors (Lipinski definition) is 0. The van der Waals surface area contributed by atoms with Gasteiger partial charge in [-0.15, -0.1) is 0 Å². The van der Waals surface area contributed by atoms with Crippen molar-refractivity contribution in [3.63, 3.8) is 0 Å². The average Bonchev–Trinajstić information content (AvgIpc) is 2.17. The van der Waals surface area contributed by atoms with Gasteiger partial charge in [0.1, 0.15) is 0 Å². The normalized spacial score (nSPS) is 32.4. The van der Waals surface area contributed by atoms with Gasteiger partial charge in [0.25, 0.3) is 0 Å². The predicted octanol–water partition coefficient (Wildman–Crippen LogP) is 5.28. The standard InChI is InChI=1S/C15H30/c1-5-6-7-8-9-10-12(2)15-13(3)11-14(15)4/h12-15H,5-11H2,1-4H3. The molecule has 0 aromatic rings. The molecule has 0 spiro atoms. The van der Waals surface area contributed by atoms with Crippen LogP contribution >= 0.6 is 0 Å². The van der Waals surface area contributed by atoms with E-state index in [2.05, 4.69) is 27.7 Å². The molecular weight excluding hydrogens is 180 g/mol. The van der Waals surface area contributed by atoms with E-state index in [-0.39, 0.29) is 0 Å². The van der Waals surface area contributed by atoms with E-state index in [4.69, 9.17) is 0 Å². The lowest BCUT2D eigenvalue weighted by Gasteiger charge is -2.45. The fraction of sp³-hybridized carbons (Fsp3) is 1.00. The highest BCUT2D eigenvalue weighted by Crippen LogP contribution is 2.45. The maximum Gasteiger partial charge on any atom is -0.0337 e. The molecule has 3 atom stereocenters. The topological polar surface area (TPSA) is 0 Å². The Morgan fingerprint density at radius 3 is 2.13 bits per heavy atom. The molecular formula is C15H30. The lowest BCUT2D eigenvalue weighted by atomic mass is 9.60. The van der Waals surface area contributed by atoms with Crippen molar-refractivity contribution in [3.8, 4) is 0 Å². The lowest BCUT2D eigenvalue weighted by molar-refractivity contribution is 0.0447. The van der Waals surface area contributed by atoms with Gasteiger partial charge < -0.3 is 0 Å². The van der Waals surface area contributed by atoms with Crippen molar-refractivity contribution in [1.82, 2.24) is 0 Å². The Hall–Kier alpha value is 0. The van der Waals surface area contributed by atoms with Crippen LogP contribution in [0.4, 0.5) is 0 Å². The van der Waals surface area contributed by atoms with Gasteiger partial charge in [-0.1, -0.05) is 66.2 Å². The zero-order valence-corrected chi connectivity index (χ0v) is 11.3. The summed E-state index contributed by atoms with van der Waals surface area (Å²) in [5, 5.41) is 0. The molecule has 1 fully saturated rings. The minimum Gasteiger partial charge on any atom is -0.0654 e. The van der Waals surface area contributed by atoms with Crippen LogP contribution in [0, 0.1) is 23.7 Å². The van der Waals surface area contributed by atoms with Crippen molar-refractivity contribution in [3.05, 3.63) is 0 Å². The Bertz CT molecular complexity index is 153. The van der Waals surface area contributed by atoms with E-state index in [1.807, 2.05) is 0 Å². The predicted molar refractivity (Wildman–Crippen MR) is 69.0 cm³/mol. The second kappa shape index (κ2) is 6.55. The molecule has 0 N–H and O–H groups in total.